The third kappa shape index (κ3) is 1.87. The van der Waals surface area contributed by atoms with Crippen molar-refractivity contribution in [3.8, 4) is 0 Å². The summed E-state index contributed by atoms with van der Waals surface area (Å²) in [4.78, 5) is 0. The van der Waals surface area contributed by atoms with Gasteiger partial charge in [-0.3, -0.25) is 0 Å². The molecule has 0 radical (unpaired) electrons. The molecule has 1 aliphatic heterocycles. The summed E-state index contributed by atoms with van der Waals surface area (Å²) in [7, 11) is 0. The van der Waals surface area contributed by atoms with Gasteiger partial charge < -0.3 is 10.5 Å². The van der Waals surface area contributed by atoms with Crippen molar-refractivity contribution < 1.29 is 9.13 Å². The van der Waals surface area contributed by atoms with Crippen LogP contribution in [0.25, 0.3) is 0 Å². The molecular formula is C14H18FNO. The Balaban J connectivity index is 1.77. The molecule has 2 N–H and O–H groups in total. The molecule has 17 heavy (non-hydrogen) atoms. The highest BCUT2D eigenvalue weighted by atomic mass is 19.1. The minimum absolute atomic E-state index is 0.194. The summed E-state index contributed by atoms with van der Waals surface area (Å²) in [6, 6.07) is 6.73. The number of nitrogens with two attached hydrogens (primary N) is 1. The highest BCUT2D eigenvalue weighted by Crippen LogP contribution is 2.57. The first-order chi connectivity index (χ1) is 8.12. The number of halogens is 1. The fraction of sp³-hybridized carbons (Fsp3) is 0.571. The van der Waals surface area contributed by atoms with Gasteiger partial charge in [-0.1, -0.05) is 12.1 Å². The van der Waals surface area contributed by atoms with Crippen molar-refractivity contribution in [2.45, 2.75) is 31.2 Å². The summed E-state index contributed by atoms with van der Waals surface area (Å²) >= 11 is 0. The number of hydrogen-bond acceptors (Lipinski definition) is 2. The first-order valence-corrected chi connectivity index (χ1v) is 6.25. The fourth-order valence-electron chi connectivity index (χ4n) is 3.45. The third-order valence-electron chi connectivity index (χ3n) is 4.33. The lowest BCUT2D eigenvalue weighted by atomic mass is 9.52. The summed E-state index contributed by atoms with van der Waals surface area (Å²) in [6.07, 6.45) is 4.13. The van der Waals surface area contributed by atoms with Crippen LogP contribution in [0.15, 0.2) is 24.3 Å². The predicted octanol–water partition coefficient (Wildman–Crippen LogP) is 2.57. The first-order valence-electron chi connectivity index (χ1n) is 6.25. The van der Waals surface area contributed by atoms with Crippen molar-refractivity contribution >= 4 is 0 Å². The molecule has 0 amide bonds. The van der Waals surface area contributed by atoms with Crippen LogP contribution in [0.3, 0.4) is 0 Å². The van der Waals surface area contributed by atoms with Crippen molar-refractivity contribution in [1.29, 1.82) is 0 Å². The summed E-state index contributed by atoms with van der Waals surface area (Å²) in [5.74, 6) is -0.194. The molecule has 1 saturated carbocycles. The molecule has 1 aliphatic carbocycles. The van der Waals surface area contributed by atoms with E-state index in [9.17, 15) is 4.39 Å². The van der Waals surface area contributed by atoms with Gasteiger partial charge >= 0.3 is 0 Å². The van der Waals surface area contributed by atoms with Crippen molar-refractivity contribution in [1.82, 2.24) is 0 Å². The maximum absolute atomic E-state index is 13.2. The third-order valence-corrected chi connectivity index (χ3v) is 4.33. The molecule has 3 rings (SSSR count). The molecule has 1 saturated heterocycles. The van der Waals surface area contributed by atoms with Gasteiger partial charge in [0.05, 0.1) is 0 Å². The van der Waals surface area contributed by atoms with Crippen molar-refractivity contribution in [2.75, 3.05) is 13.2 Å². The Bertz CT molecular complexity index is 418. The lowest BCUT2D eigenvalue weighted by Gasteiger charge is -2.56. The molecule has 2 fully saturated rings. The van der Waals surface area contributed by atoms with Crippen LogP contribution in [-0.4, -0.2) is 13.2 Å². The van der Waals surface area contributed by atoms with Gasteiger partial charge in [0.2, 0.25) is 0 Å². The van der Waals surface area contributed by atoms with Crippen LogP contribution in [0.4, 0.5) is 4.39 Å². The van der Waals surface area contributed by atoms with Crippen molar-refractivity contribution in [3.05, 3.63) is 35.6 Å². The van der Waals surface area contributed by atoms with Crippen LogP contribution in [0.1, 0.15) is 31.2 Å². The Morgan fingerprint density at radius 1 is 1.18 bits per heavy atom. The van der Waals surface area contributed by atoms with Gasteiger partial charge in [-0.2, -0.15) is 0 Å². The Kier molecular flexibility index (Phi) is 2.49. The molecule has 1 heterocycles. The molecule has 1 aromatic carbocycles. The Hall–Kier alpha value is -0.930. The normalized spacial score (nSPS) is 25.5. The molecule has 2 nitrogen and oxygen atoms in total. The van der Waals surface area contributed by atoms with E-state index in [0.717, 1.165) is 44.5 Å². The standard InChI is InChI=1S/C14H18FNO/c15-12-3-1-2-11(8-12)14(16)9-13(10-14)4-6-17-7-5-13/h1-3,8H,4-7,9-10,16H2. The SMILES string of the molecule is NC1(c2cccc(F)c2)CC2(CCOCC2)C1. The fourth-order valence-corrected chi connectivity index (χ4v) is 3.45. The zero-order chi connectivity index (χ0) is 11.9. The molecule has 0 atom stereocenters. The molecule has 1 spiro atoms. The van der Waals surface area contributed by atoms with E-state index in [-0.39, 0.29) is 11.4 Å². The van der Waals surface area contributed by atoms with E-state index in [1.165, 1.54) is 6.07 Å². The van der Waals surface area contributed by atoms with E-state index in [2.05, 4.69) is 0 Å². The molecule has 1 aromatic rings. The van der Waals surface area contributed by atoms with E-state index in [1.54, 1.807) is 12.1 Å². The van der Waals surface area contributed by atoms with Crippen molar-refractivity contribution in [3.63, 3.8) is 0 Å². The van der Waals surface area contributed by atoms with E-state index < -0.39 is 0 Å². The second-order valence-electron chi connectivity index (χ2n) is 5.63. The zero-order valence-electron chi connectivity index (χ0n) is 9.92. The van der Waals surface area contributed by atoms with Crippen molar-refractivity contribution in [2.24, 2.45) is 11.1 Å². The van der Waals surface area contributed by atoms with Gasteiger partial charge in [0.25, 0.3) is 0 Å². The monoisotopic (exact) mass is 235 g/mol. The molecule has 0 aromatic heterocycles. The summed E-state index contributed by atoms with van der Waals surface area (Å²) < 4.78 is 18.6. The highest BCUT2D eigenvalue weighted by molar-refractivity contribution is 5.29. The molecule has 92 valence electrons. The first kappa shape index (κ1) is 11.2. The average Bonchev–Trinajstić information content (AvgIpc) is 2.28. The van der Waals surface area contributed by atoms with Gasteiger partial charge in [0.15, 0.2) is 0 Å². The van der Waals surface area contributed by atoms with Crippen LogP contribution in [0, 0.1) is 11.2 Å². The van der Waals surface area contributed by atoms with Gasteiger partial charge in [0, 0.05) is 18.8 Å². The van der Waals surface area contributed by atoms with Crippen LogP contribution >= 0.6 is 0 Å². The Morgan fingerprint density at radius 2 is 1.88 bits per heavy atom. The number of hydrogen-bond donors (Lipinski definition) is 1. The predicted molar refractivity (Wildman–Crippen MR) is 64.0 cm³/mol. The van der Waals surface area contributed by atoms with Crippen LogP contribution in [-0.2, 0) is 10.3 Å². The molecule has 0 bridgehead atoms. The number of rotatable bonds is 1. The summed E-state index contributed by atoms with van der Waals surface area (Å²) in [5.41, 5.74) is 7.37. The molecule has 3 heteroatoms. The van der Waals surface area contributed by atoms with Gasteiger partial charge in [-0.15, -0.1) is 0 Å². The second kappa shape index (κ2) is 3.79. The average molecular weight is 235 g/mol. The van der Waals surface area contributed by atoms with E-state index >= 15 is 0 Å². The Labute approximate surface area is 101 Å². The lowest BCUT2D eigenvalue weighted by Crippen LogP contribution is -2.57. The maximum Gasteiger partial charge on any atom is 0.123 e. The molecule has 2 aliphatic rings. The van der Waals surface area contributed by atoms with Crippen LogP contribution in [0.2, 0.25) is 0 Å². The number of ether oxygens (including phenoxy) is 1. The van der Waals surface area contributed by atoms with Gasteiger partial charge in [0.1, 0.15) is 5.82 Å². The summed E-state index contributed by atoms with van der Waals surface area (Å²) in [6.45, 7) is 1.69. The minimum Gasteiger partial charge on any atom is -0.381 e. The van der Waals surface area contributed by atoms with E-state index in [0.29, 0.717) is 5.41 Å². The molecular weight excluding hydrogens is 217 g/mol. The van der Waals surface area contributed by atoms with Gasteiger partial charge in [-0.05, 0) is 48.8 Å². The topological polar surface area (TPSA) is 35.2 Å². The van der Waals surface area contributed by atoms with E-state index in [1.807, 2.05) is 6.07 Å². The van der Waals surface area contributed by atoms with Gasteiger partial charge in [-0.25, -0.2) is 4.39 Å². The lowest BCUT2D eigenvalue weighted by molar-refractivity contribution is -0.0726. The highest BCUT2D eigenvalue weighted by Gasteiger charge is 2.53. The quantitative estimate of drug-likeness (QED) is 0.812. The zero-order valence-corrected chi connectivity index (χ0v) is 9.92. The minimum atomic E-state index is -0.320. The number of benzene rings is 1. The Morgan fingerprint density at radius 3 is 2.53 bits per heavy atom. The summed E-state index contributed by atoms with van der Waals surface area (Å²) in [5, 5.41) is 0. The smallest absolute Gasteiger partial charge is 0.123 e. The second-order valence-corrected chi connectivity index (χ2v) is 5.63. The van der Waals surface area contributed by atoms with Crippen LogP contribution < -0.4 is 5.73 Å². The maximum atomic E-state index is 13.2. The largest absolute Gasteiger partial charge is 0.381 e. The van der Waals surface area contributed by atoms with Crippen LogP contribution in [0.5, 0.6) is 0 Å². The van der Waals surface area contributed by atoms with E-state index in [4.69, 9.17) is 10.5 Å². The molecule has 0 unspecified atom stereocenters.